The fraction of sp³-hybridized carbons (Fsp3) is 0.333. The Morgan fingerprint density at radius 2 is 1.78 bits per heavy atom. The molecule has 1 aromatic carbocycles. The van der Waals surface area contributed by atoms with Crippen LogP contribution in [0.25, 0.3) is 0 Å². The second-order valence-electron chi connectivity index (χ2n) is 5.53. The molecule has 5 heteroatoms. The van der Waals surface area contributed by atoms with Gasteiger partial charge in [-0.2, -0.15) is 0 Å². The van der Waals surface area contributed by atoms with Crippen molar-refractivity contribution in [3.8, 4) is 0 Å². The Balaban J connectivity index is 1.87. The van der Waals surface area contributed by atoms with Crippen molar-refractivity contribution in [1.82, 2.24) is 10.6 Å². The number of thiophene rings is 1. The lowest BCUT2D eigenvalue weighted by atomic mass is 10.0. The van der Waals surface area contributed by atoms with E-state index in [1.165, 1.54) is 16.9 Å². The molecule has 23 heavy (non-hydrogen) atoms. The molecular formula is C18H22N2O2S. The maximum atomic E-state index is 12.1. The quantitative estimate of drug-likeness (QED) is 0.853. The predicted molar refractivity (Wildman–Crippen MR) is 93.7 cm³/mol. The van der Waals surface area contributed by atoms with Crippen molar-refractivity contribution < 1.29 is 9.59 Å². The summed E-state index contributed by atoms with van der Waals surface area (Å²) < 4.78 is 0. The third-order valence-electron chi connectivity index (χ3n) is 3.60. The summed E-state index contributed by atoms with van der Waals surface area (Å²) in [6, 6.07) is 11.7. The van der Waals surface area contributed by atoms with Crippen LogP contribution in [0.15, 0.2) is 36.4 Å². The van der Waals surface area contributed by atoms with Crippen LogP contribution in [-0.2, 0) is 4.79 Å². The molecule has 0 radical (unpaired) electrons. The van der Waals surface area contributed by atoms with Gasteiger partial charge in [-0.25, -0.2) is 0 Å². The van der Waals surface area contributed by atoms with E-state index in [1.807, 2.05) is 51.1 Å². The minimum Gasteiger partial charge on any atom is -0.348 e. The average Bonchev–Trinajstić information content (AvgIpc) is 2.98. The Bertz CT molecular complexity index is 677. The third kappa shape index (κ3) is 4.93. The molecule has 2 rings (SSSR count). The van der Waals surface area contributed by atoms with E-state index in [0.717, 1.165) is 16.9 Å². The zero-order chi connectivity index (χ0) is 16.8. The number of hydrogen-bond acceptors (Lipinski definition) is 3. The Hall–Kier alpha value is -2.14. The number of amides is 2. The van der Waals surface area contributed by atoms with Crippen molar-refractivity contribution in [2.24, 2.45) is 0 Å². The first-order valence-corrected chi connectivity index (χ1v) is 8.51. The number of nitrogens with one attached hydrogen (secondary N) is 2. The van der Waals surface area contributed by atoms with Gasteiger partial charge in [0.25, 0.3) is 5.91 Å². The van der Waals surface area contributed by atoms with Crippen LogP contribution in [0.3, 0.4) is 0 Å². The second kappa shape index (κ2) is 7.92. The van der Waals surface area contributed by atoms with E-state index in [0.29, 0.717) is 4.88 Å². The summed E-state index contributed by atoms with van der Waals surface area (Å²) in [5.41, 5.74) is 2.26. The van der Waals surface area contributed by atoms with Gasteiger partial charge in [-0.15, -0.1) is 11.3 Å². The van der Waals surface area contributed by atoms with Crippen molar-refractivity contribution in [2.45, 2.75) is 33.2 Å². The molecule has 4 nitrogen and oxygen atoms in total. The summed E-state index contributed by atoms with van der Waals surface area (Å²) in [6.45, 7) is 5.99. The maximum absolute atomic E-state index is 12.1. The van der Waals surface area contributed by atoms with Gasteiger partial charge in [0.2, 0.25) is 5.91 Å². The van der Waals surface area contributed by atoms with Crippen LogP contribution < -0.4 is 10.6 Å². The van der Waals surface area contributed by atoms with Crippen molar-refractivity contribution in [2.75, 3.05) is 6.54 Å². The molecule has 2 aromatic rings. The molecule has 122 valence electrons. The largest absolute Gasteiger partial charge is 0.348 e. The van der Waals surface area contributed by atoms with Crippen molar-refractivity contribution in [3.63, 3.8) is 0 Å². The fourth-order valence-corrected chi connectivity index (χ4v) is 3.05. The smallest absolute Gasteiger partial charge is 0.261 e. The summed E-state index contributed by atoms with van der Waals surface area (Å²) >= 11 is 1.42. The van der Waals surface area contributed by atoms with Crippen LogP contribution in [0.1, 0.15) is 45.1 Å². The Labute approximate surface area is 140 Å². The highest BCUT2D eigenvalue weighted by Crippen LogP contribution is 2.17. The molecular weight excluding hydrogens is 308 g/mol. The average molecular weight is 330 g/mol. The third-order valence-corrected chi connectivity index (χ3v) is 4.60. The molecule has 0 fully saturated rings. The van der Waals surface area contributed by atoms with E-state index >= 15 is 0 Å². The van der Waals surface area contributed by atoms with Gasteiger partial charge >= 0.3 is 0 Å². The zero-order valence-corrected chi connectivity index (χ0v) is 14.5. The minimum absolute atomic E-state index is 0.0157. The number of carbonyl (C=O) groups is 2. The molecule has 1 unspecified atom stereocenters. The lowest BCUT2D eigenvalue weighted by Crippen LogP contribution is -2.38. The van der Waals surface area contributed by atoms with E-state index in [-0.39, 0.29) is 24.4 Å². The van der Waals surface area contributed by atoms with Crippen LogP contribution in [0.5, 0.6) is 0 Å². The summed E-state index contributed by atoms with van der Waals surface area (Å²) in [7, 11) is 0. The van der Waals surface area contributed by atoms with Gasteiger partial charge in [0.05, 0.1) is 17.5 Å². The molecule has 0 aliphatic heterocycles. The standard InChI is InChI=1S/C18H22N2O2S/c1-4-15(14-8-5-12(2)6-9-14)20-17(21)11-19-18(22)16-10-7-13(3)23-16/h5-10,15H,4,11H2,1-3H3,(H,19,22)(H,20,21). The molecule has 1 heterocycles. The van der Waals surface area contributed by atoms with E-state index in [2.05, 4.69) is 10.6 Å². The lowest BCUT2D eigenvalue weighted by molar-refractivity contribution is -0.120. The van der Waals surface area contributed by atoms with Gasteiger partial charge < -0.3 is 10.6 Å². The second-order valence-corrected chi connectivity index (χ2v) is 6.82. The van der Waals surface area contributed by atoms with Crippen LogP contribution >= 0.6 is 11.3 Å². The minimum atomic E-state index is -0.207. The van der Waals surface area contributed by atoms with Crippen LogP contribution in [0.4, 0.5) is 0 Å². The first-order chi connectivity index (χ1) is 11.0. The molecule has 2 amide bonds. The fourth-order valence-electron chi connectivity index (χ4n) is 2.27. The molecule has 1 atom stereocenters. The highest BCUT2D eigenvalue weighted by atomic mass is 32.1. The van der Waals surface area contributed by atoms with Gasteiger partial charge in [-0.3, -0.25) is 9.59 Å². The van der Waals surface area contributed by atoms with Crippen LogP contribution in [0, 0.1) is 13.8 Å². The topological polar surface area (TPSA) is 58.2 Å². The molecule has 0 aliphatic carbocycles. The van der Waals surface area contributed by atoms with Gasteiger partial charge in [0, 0.05) is 4.88 Å². The predicted octanol–water partition coefficient (Wildman–Crippen LogP) is 3.36. The molecule has 1 aromatic heterocycles. The monoisotopic (exact) mass is 330 g/mol. The molecule has 0 saturated carbocycles. The van der Waals surface area contributed by atoms with Gasteiger partial charge in [-0.1, -0.05) is 36.8 Å². The molecule has 0 saturated heterocycles. The number of rotatable bonds is 6. The Morgan fingerprint density at radius 1 is 1.09 bits per heavy atom. The van der Waals surface area contributed by atoms with Gasteiger partial charge in [0.15, 0.2) is 0 Å². The van der Waals surface area contributed by atoms with E-state index in [4.69, 9.17) is 0 Å². The highest BCUT2D eigenvalue weighted by molar-refractivity contribution is 7.13. The summed E-state index contributed by atoms with van der Waals surface area (Å²) in [5.74, 6) is -0.388. The molecule has 0 spiro atoms. The van der Waals surface area contributed by atoms with E-state index < -0.39 is 0 Å². The van der Waals surface area contributed by atoms with Gasteiger partial charge in [-0.05, 0) is 38.0 Å². The van der Waals surface area contributed by atoms with E-state index in [1.54, 1.807) is 6.07 Å². The maximum Gasteiger partial charge on any atom is 0.261 e. The first kappa shape index (κ1) is 17.2. The first-order valence-electron chi connectivity index (χ1n) is 7.70. The number of benzene rings is 1. The summed E-state index contributed by atoms with van der Waals surface area (Å²) in [4.78, 5) is 25.7. The normalized spacial score (nSPS) is 11.8. The molecule has 2 N–H and O–H groups in total. The summed E-state index contributed by atoms with van der Waals surface area (Å²) in [6.07, 6.45) is 0.798. The van der Waals surface area contributed by atoms with Gasteiger partial charge in [0.1, 0.15) is 0 Å². The summed E-state index contributed by atoms with van der Waals surface area (Å²) in [5, 5.41) is 5.63. The van der Waals surface area contributed by atoms with Crippen molar-refractivity contribution >= 4 is 23.2 Å². The lowest BCUT2D eigenvalue weighted by Gasteiger charge is -2.18. The highest BCUT2D eigenvalue weighted by Gasteiger charge is 2.14. The Morgan fingerprint density at radius 3 is 2.35 bits per heavy atom. The molecule has 0 aliphatic rings. The SMILES string of the molecule is CCC(NC(=O)CNC(=O)c1ccc(C)s1)c1ccc(C)cc1. The van der Waals surface area contributed by atoms with Crippen molar-refractivity contribution in [3.05, 3.63) is 57.3 Å². The number of aryl methyl sites for hydroxylation is 2. The van der Waals surface area contributed by atoms with E-state index in [9.17, 15) is 9.59 Å². The molecule has 0 bridgehead atoms. The Kier molecular flexibility index (Phi) is 5.93. The zero-order valence-electron chi connectivity index (χ0n) is 13.7. The van der Waals surface area contributed by atoms with Crippen LogP contribution in [0.2, 0.25) is 0 Å². The number of hydrogen-bond donors (Lipinski definition) is 2. The number of carbonyl (C=O) groups excluding carboxylic acids is 2. The van der Waals surface area contributed by atoms with Crippen molar-refractivity contribution in [1.29, 1.82) is 0 Å². The van der Waals surface area contributed by atoms with Crippen LogP contribution in [-0.4, -0.2) is 18.4 Å².